The van der Waals surface area contributed by atoms with Crippen LogP contribution in [0.4, 0.5) is 4.39 Å². The average Bonchev–Trinajstić information content (AvgIpc) is 2.46. The number of halogens is 3. The van der Waals surface area contributed by atoms with Crippen molar-refractivity contribution in [2.24, 2.45) is 0 Å². The van der Waals surface area contributed by atoms with E-state index < -0.39 is 0 Å². The summed E-state index contributed by atoms with van der Waals surface area (Å²) in [5.41, 5.74) is 2.25. The summed E-state index contributed by atoms with van der Waals surface area (Å²) in [7, 11) is 0. The van der Waals surface area contributed by atoms with E-state index in [0.29, 0.717) is 0 Å². The fraction of sp³-hybridized carbons (Fsp3) is 0.294. The third kappa shape index (κ3) is 4.99. The second kappa shape index (κ2) is 7.79. The fourth-order valence-corrected chi connectivity index (χ4v) is 2.69. The van der Waals surface area contributed by atoms with Gasteiger partial charge in [-0.25, -0.2) is 4.39 Å². The second-order valence-corrected chi connectivity index (χ2v) is 5.88. The van der Waals surface area contributed by atoms with Gasteiger partial charge in [-0.05, 0) is 54.8 Å². The lowest BCUT2D eigenvalue weighted by molar-refractivity contribution is 0.521. The Kier molecular flexibility index (Phi) is 6.04. The Bertz CT molecular complexity index is 584. The molecule has 0 aliphatic heterocycles. The predicted molar refractivity (Wildman–Crippen MR) is 87.7 cm³/mol. The first-order valence-corrected chi connectivity index (χ1v) is 7.76. The topological polar surface area (TPSA) is 12.0 Å². The van der Waals surface area contributed by atoms with Gasteiger partial charge < -0.3 is 5.32 Å². The van der Waals surface area contributed by atoms with Gasteiger partial charge >= 0.3 is 0 Å². The number of benzene rings is 2. The highest BCUT2D eigenvalue weighted by molar-refractivity contribution is 6.31. The van der Waals surface area contributed by atoms with Crippen molar-refractivity contribution in [3.63, 3.8) is 0 Å². The van der Waals surface area contributed by atoms with Gasteiger partial charge in [-0.2, -0.15) is 0 Å². The summed E-state index contributed by atoms with van der Waals surface area (Å²) < 4.78 is 13.2. The van der Waals surface area contributed by atoms with Crippen LogP contribution in [0.1, 0.15) is 18.1 Å². The number of likely N-dealkylation sites (N-methyl/N-ethyl adjacent to an activating group) is 1. The van der Waals surface area contributed by atoms with E-state index in [1.165, 1.54) is 11.6 Å². The van der Waals surface area contributed by atoms with Crippen LogP contribution in [0, 0.1) is 5.82 Å². The zero-order chi connectivity index (χ0) is 15.2. The molecule has 0 heterocycles. The zero-order valence-corrected chi connectivity index (χ0v) is 13.4. The molecule has 0 radical (unpaired) electrons. The third-order valence-corrected chi connectivity index (χ3v) is 3.90. The molecule has 1 N–H and O–H groups in total. The molecule has 112 valence electrons. The minimum Gasteiger partial charge on any atom is -0.314 e. The first-order chi connectivity index (χ1) is 10.1. The van der Waals surface area contributed by atoms with Gasteiger partial charge in [-0.15, -0.1) is 0 Å². The summed E-state index contributed by atoms with van der Waals surface area (Å²) in [6.07, 6.45) is 1.69. The maximum absolute atomic E-state index is 13.2. The summed E-state index contributed by atoms with van der Waals surface area (Å²) in [6.45, 7) is 2.96. The summed E-state index contributed by atoms with van der Waals surface area (Å²) in [5.74, 6) is -0.377. The molecule has 0 saturated carbocycles. The third-order valence-electron chi connectivity index (χ3n) is 3.35. The first kappa shape index (κ1) is 16.3. The van der Waals surface area contributed by atoms with Gasteiger partial charge in [0.2, 0.25) is 0 Å². The molecule has 0 saturated heterocycles. The first-order valence-electron chi connectivity index (χ1n) is 7.00. The van der Waals surface area contributed by atoms with Crippen molar-refractivity contribution in [2.75, 3.05) is 6.54 Å². The normalized spacial score (nSPS) is 12.4. The Morgan fingerprint density at radius 1 is 1.00 bits per heavy atom. The number of hydrogen-bond donors (Lipinski definition) is 1. The van der Waals surface area contributed by atoms with E-state index >= 15 is 0 Å². The van der Waals surface area contributed by atoms with Crippen molar-refractivity contribution in [1.29, 1.82) is 0 Å². The lowest BCUT2D eigenvalue weighted by Gasteiger charge is -2.18. The van der Waals surface area contributed by atoms with Crippen LogP contribution in [-0.2, 0) is 12.8 Å². The highest BCUT2D eigenvalue weighted by Crippen LogP contribution is 2.18. The predicted octanol–water partition coefficient (Wildman–Crippen LogP) is 4.90. The number of hydrogen-bond acceptors (Lipinski definition) is 1. The maximum Gasteiger partial charge on any atom is 0.141 e. The van der Waals surface area contributed by atoms with Crippen LogP contribution in [0.15, 0.2) is 42.5 Å². The highest BCUT2D eigenvalue weighted by atomic mass is 35.5. The smallest absolute Gasteiger partial charge is 0.141 e. The van der Waals surface area contributed by atoms with Gasteiger partial charge in [-0.1, -0.05) is 48.3 Å². The second-order valence-electron chi connectivity index (χ2n) is 5.04. The molecule has 1 unspecified atom stereocenters. The Labute approximate surface area is 135 Å². The van der Waals surface area contributed by atoms with Crippen LogP contribution in [0.2, 0.25) is 10.0 Å². The molecule has 0 amide bonds. The molecule has 0 fully saturated rings. The molecule has 0 aliphatic carbocycles. The summed E-state index contributed by atoms with van der Waals surface area (Å²) in [6, 6.07) is 13.0. The highest BCUT2D eigenvalue weighted by Gasteiger charge is 2.11. The van der Waals surface area contributed by atoms with Gasteiger partial charge in [0.1, 0.15) is 5.82 Å². The molecular formula is C17H18Cl2FN. The van der Waals surface area contributed by atoms with E-state index in [2.05, 4.69) is 12.2 Å². The number of nitrogens with one attached hydrogen (secondary N) is 1. The largest absolute Gasteiger partial charge is 0.314 e. The zero-order valence-electron chi connectivity index (χ0n) is 11.9. The molecule has 0 spiro atoms. The Morgan fingerprint density at radius 2 is 1.62 bits per heavy atom. The SMILES string of the molecule is CCNC(Cc1ccc(Cl)cc1)Cc1ccc(F)c(Cl)c1. The van der Waals surface area contributed by atoms with Crippen molar-refractivity contribution in [3.05, 3.63) is 69.5 Å². The van der Waals surface area contributed by atoms with Crippen molar-refractivity contribution in [1.82, 2.24) is 5.32 Å². The molecule has 1 atom stereocenters. The lowest BCUT2D eigenvalue weighted by atomic mass is 9.99. The number of rotatable bonds is 6. The van der Waals surface area contributed by atoms with Crippen LogP contribution in [0.25, 0.3) is 0 Å². The Balaban J connectivity index is 2.07. The van der Waals surface area contributed by atoms with E-state index in [1.807, 2.05) is 24.3 Å². The molecule has 2 rings (SSSR count). The monoisotopic (exact) mass is 325 g/mol. The van der Waals surface area contributed by atoms with Gasteiger partial charge in [0.25, 0.3) is 0 Å². The van der Waals surface area contributed by atoms with Crippen LogP contribution in [-0.4, -0.2) is 12.6 Å². The van der Waals surface area contributed by atoms with Gasteiger partial charge in [0.05, 0.1) is 5.02 Å². The maximum atomic E-state index is 13.2. The minimum absolute atomic E-state index is 0.175. The fourth-order valence-electron chi connectivity index (χ4n) is 2.36. The van der Waals surface area contributed by atoms with Crippen molar-refractivity contribution >= 4 is 23.2 Å². The van der Waals surface area contributed by atoms with Crippen LogP contribution in [0.5, 0.6) is 0 Å². The van der Waals surface area contributed by atoms with Gasteiger partial charge in [-0.3, -0.25) is 0 Å². The molecule has 4 heteroatoms. The molecule has 2 aromatic carbocycles. The van der Waals surface area contributed by atoms with E-state index in [1.54, 1.807) is 12.1 Å². The van der Waals surface area contributed by atoms with E-state index in [0.717, 1.165) is 30.0 Å². The van der Waals surface area contributed by atoms with E-state index in [4.69, 9.17) is 23.2 Å². The van der Waals surface area contributed by atoms with E-state index in [-0.39, 0.29) is 16.9 Å². The van der Waals surface area contributed by atoms with Gasteiger partial charge in [0.15, 0.2) is 0 Å². The minimum atomic E-state index is -0.377. The molecule has 2 aromatic rings. The standard InChI is InChI=1S/C17H18Cl2FN/c1-2-21-15(9-12-3-6-14(18)7-4-12)10-13-5-8-17(20)16(19)11-13/h3-8,11,15,21H,2,9-10H2,1H3. The van der Waals surface area contributed by atoms with Gasteiger partial charge in [0, 0.05) is 11.1 Å². The van der Waals surface area contributed by atoms with Crippen LogP contribution >= 0.6 is 23.2 Å². The molecule has 0 aromatic heterocycles. The summed E-state index contributed by atoms with van der Waals surface area (Å²) in [4.78, 5) is 0. The van der Waals surface area contributed by atoms with E-state index in [9.17, 15) is 4.39 Å². The van der Waals surface area contributed by atoms with Crippen molar-refractivity contribution in [3.8, 4) is 0 Å². The Morgan fingerprint density at radius 3 is 2.24 bits per heavy atom. The molecule has 1 nitrogen and oxygen atoms in total. The average molecular weight is 326 g/mol. The van der Waals surface area contributed by atoms with Crippen molar-refractivity contribution < 1.29 is 4.39 Å². The molecule has 0 bridgehead atoms. The molecular weight excluding hydrogens is 308 g/mol. The van der Waals surface area contributed by atoms with Crippen molar-refractivity contribution in [2.45, 2.75) is 25.8 Å². The molecule has 0 aliphatic rings. The summed E-state index contributed by atoms with van der Waals surface area (Å²) in [5, 5.41) is 4.37. The van der Waals surface area contributed by atoms with Crippen LogP contribution in [0.3, 0.4) is 0 Å². The lowest BCUT2D eigenvalue weighted by Crippen LogP contribution is -2.33. The summed E-state index contributed by atoms with van der Waals surface area (Å²) >= 11 is 11.7. The Hall–Kier alpha value is -1.09. The quantitative estimate of drug-likeness (QED) is 0.796. The molecule has 21 heavy (non-hydrogen) atoms. The van der Waals surface area contributed by atoms with Crippen LogP contribution < -0.4 is 5.32 Å².